The molecule has 0 N–H and O–H groups in total. The summed E-state index contributed by atoms with van der Waals surface area (Å²) in [5, 5.41) is 0.560. The first kappa shape index (κ1) is 18.5. The average Bonchev–Trinajstić information content (AvgIpc) is 3.08. The van der Waals surface area contributed by atoms with Crippen molar-refractivity contribution in [3.05, 3.63) is 53.3 Å². The molecule has 7 heteroatoms. The second-order valence-corrected chi connectivity index (χ2v) is 8.08. The number of benzene rings is 1. The third-order valence-corrected chi connectivity index (χ3v) is 5.92. The summed E-state index contributed by atoms with van der Waals surface area (Å²) >= 11 is 2.51. The Hall–Kier alpha value is -2.25. The van der Waals surface area contributed by atoms with Crippen molar-refractivity contribution < 1.29 is 9.59 Å². The van der Waals surface area contributed by atoms with Crippen LogP contribution in [0, 0.1) is 13.8 Å². The van der Waals surface area contributed by atoms with E-state index in [1.807, 2.05) is 38.1 Å². The zero-order valence-electron chi connectivity index (χ0n) is 14.9. The van der Waals surface area contributed by atoms with Crippen LogP contribution in [0.15, 0.2) is 36.5 Å². The molecule has 26 heavy (non-hydrogen) atoms. The molecular formula is C19H19N3O2S2. The van der Waals surface area contributed by atoms with Gasteiger partial charge in [-0.3, -0.25) is 19.5 Å². The number of hydrogen-bond acceptors (Lipinski definition) is 6. The highest BCUT2D eigenvalue weighted by molar-refractivity contribution is 8.14. The molecule has 0 saturated heterocycles. The number of carbonyl (C=O) groups excluding carboxylic acids is 2. The van der Waals surface area contributed by atoms with Gasteiger partial charge >= 0.3 is 0 Å². The van der Waals surface area contributed by atoms with Crippen molar-refractivity contribution in [3.8, 4) is 0 Å². The largest absolute Gasteiger partial charge is 0.288 e. The predicted octanol–water partition coefficient (Wildman–Crippen LogP) is 4.12. The lowest BCUT2D eigenvalue weighted by Crippen LogP contribution is -2.32. The SMILES string of the molecule is CC(=O)SCC(=O)N(Cc1ccccn1)c1nc2c(C)ccc(C)c2s1. The number of nitrogens with zero attached hydrogens (tertiary/aromatic N) is 3. The topological polar surface area (TPSA) is 63.2 Å². The van der Waals surface area contributed by atoms with Crippen molar-refractivity contribution in [1.29, 1.82) is 0 Å². The Bertz CT molecular complexity index is 915. The quantitative estimate of drug-likeness (QED) is 0.661. The molecule has 0 saturated carbocycles. The first-order valence-corrected chi connectivity index (χ1v) is 9.96. The van der Waals surface area contributed by atoms with E-state index in [1.54, 1.807) is 11.1 Å². The summed E-state index contributed by atoms with van der Waals surface area (Å²) in [5.41, 5.74) is 3.92. The van der Waals surface area contributed by atoms with E-state index in [-0.39, 0.29) is 16.8 Å². The maximum absolute atomic E-state index is 12.8. The summed E-state index contributed by atoms with van der Waals surface area (Å²) in [4.78, 5) is 34.7. The highest BCUT2D eigenvalue weighted by Crippen LogP contribution is 2.34. The molecular weight excluding hydrogens is 366 g/mol. The van der Waals surface area contributed by atoms with Gasteiger partial charge in [-0.25, -0.2) is 4.98 Å². The first-order chi connectivity index (χ1) is 12.5. The van der Waals surface area contributed by atoms with Crippen LogP contribution in [0.3, 0.4) is 0 Å². The number of hydrogen-bond donors (Lipinski definition) is 0. The number of fused-ring (bicyclic) bond motifs is 1. The van der Waals surface area contributed by atoms with Crippen LogP contribution in [0.5, 0.6) is 0 Å². The number of rotatable bonds is 5. The van der Waals surface area contributed by atoms with Crippen molar-refractivity contribution in [2.45, 2.75) is 27.3 Å². The molecule has 0 spiro atoms. The molecule has 0 fully saturated rings. The Labute approximate surface area is 160 Å². The van der Waals surface area contributed by atoms with Gasteiger partial charge in [-0.05, 0) is 37.1 Å². The third-order valence-electron chi connectivity index (χ3n) is 3.91. The summed E-state index contributed by atoms with van der Waals surface area (Å²) in [5.74, 6) is -0.0546. The van der Waals surface area contributed by atoms with Crippen LogP contribution in [0.1, 0.15) is 23.7 Å². The second-order valence-electron chi connectivity index (χ2n) is 5.95. The molecule has 134 valence electrons. The van der Waals surface area contributed by atoms with E-state index < -0.39 is 0 Å². The van der Waals surface area contributed by atoms with Gasteiger partial charge in [0.15, 0.2) is 10.2 Å². The maximum Gasteiger partial charge on any atom is 0.239 e. The minimum atomic E-state index is -0.148. The van der Waals surface area contributed by atoms with Gasteiger partial charge in [0.2, 0.25) is 5.91 Å². The summed E-state index contributed by atoms with van der Waals surface area (Å²) in [7, 11) is 0. The molecule has 0 unspecified atom stereocenters. The molecule has 0 atom stereocenters. The van der Waals surface area contributed by atoms with Gasteiger partial charge in [0.05, 0.1) is 28.2 Å². The zero-order chi connectivity index (χ0) is 18.7. The Morgan fingerprint density at radius 2 is 1.92 bits per heavy atom. The van der Waals surface area contributed by atoms with Crippen LogP contribution in [-0.4, -0.2) is 26.7 Å². The Morgan fingerprint density at radius 3 is 2.58 bits per heavy atom. The van der Waals surface area contributed by atoms with Crippen LogP contribution >= 0.6 is 23.1 Å². The standard InChI is InChI=1S/C19H19N3O2S2/c1-12-7-8-13(2)18-17(12)21-19(26-18)22(16(24)11-25-14(3)23)10-15-6-4-5-9-20-15/h4-9H,10-11H2,1-3H3. The predicted molar refractivity (Wildman–Crippen MR) is 108 cm³/mol. The molecule has 5 nitrogen and oxygen atoms in total. The van der Waals surface area contributed by atoms with Gasteiger partial charge in [0.1, 0.15) is 0 Å². The van der Waals surface area contributed by atoms with Gasteiger partial charge < -0.3 is 0 Å². The molecule has 2 aromatic heterocycles. The summed E-state index contributed by atoms with van der Waals surface area (Å²) in [6.45, 7) is 5.85. The lowest BCUT2D eigenvalue weighted by Gasteiger charge is -2.19. The lowest BCUT2D eigenvalue weighted by molar-refractivity contribution is -0.116. The fourth-order valence-electron chi connectivity index (χ4n) is 2.52. The minimum absolute atomic E-state index is 0.0767. The smallest absolute Gasteiger partial charge is 0.239 e. The number of aryl methyl sites for hydroxylation is 2. The van der Waals surface area contributed by atoms with E-state index in [1.165, 1.54) is 18.3 Å². The number of aromatic nitrogens is 2. The van der Waals surface area contributed by atoms with Gasteiger partial charge in [-0.1, -0.05) is 41.3 Å². The van der Waals surface area contributed by atoms with Crippen LogP contribution in [0.4, 0.5) is 5.13 Å². The minimum Gasteiger partial charge on any atom is -0.288 e. The fraction of sp³-hybridized carbons (Fsp3) is 0.263. The average molecular weight is 386 g/mol. The first-order valence-electron chi connectivity index (χ1n) is 8.16. The molecule has 0 radical (unpaired) electrons. The normalized spacial score (nSPS) is 10.9. The summed E-state index contributed by atoms with van der Waals surface area (Å²) in [6, 6.07) is 9.71. The van der Waals surface area contributed by atoms with Gasteiger partial charge in [0, 0.05) is 13.1 Å². The summed E-state index contributed by atoms with van der Waals surface area (Å²) in [6.07, 6.45) is 1.70. The molecule has 3 aromatic rings. The molecule has 2 heterocycles. The van der Waals surface area contributed by atoms with Crippen LogP contribution in [0.25, 0.3) is 10.2 Å². The Kier molecular flexibility index (Phi) is 5.68. The highest BCUT2D eigenvalue weighted by atomic mass is 32.2. The molecule has 3 rings (SSSR count). The number of thiazole rings is 1. The Morgan fingerprint density at radius 1 is 1.15 bits per heavy atom. The van der Waals surface area contributed by atoms with Crippen molar-refractivity contribution in [2.24, 2.45) is 0 Å². The summed E-state index contributed by atoms with van der Waals surface area (Å²) < 4.78 is 1.08. The van der Waals surface area contributed by atoms with Crippen LogP contribution < -0.4 is 4.90 Å². The molecule has 0 aliphatic rings. The molecule has 1 amide bonds. The molecule has 0 aliphatic carbocycles. The van der Waals surface area contributed by atoms with Crippen LogP contribution in [-0.2, 0) is 16.1 Å². The van der Waals surface area contributed by atoms with Crippen LogP contribution in [0.2, 0.25) is 0 Å². The zero-order valence-corrected chi connectivity index (χ0v) is 16.5. The van der Waals surface area contributed by atoms with E-state index in [0.29, 0.717) is 11.7 Å². The van der Waals surface area contributed by atoms with E-state index >= 15 is 0 Å². The number of thioether (sulfide) groups is 1. The molecule has 0 aliphatic heterocycles. The van der Waals surface area contributed by atoms with E-state index in [4.69, 9.17) is 4.98 Å². The maximum atomic E-state index is 12.8. The van der Waals surface area contributed by atoms with Crippen molar-refractivity contribution in [2.75, 3.05) is 10.7 Å². The lowest BCUT2D eigenvalue weighted by atomic mass is 10.1. The monoisotopic (exact) mass is 385 g/mol. The van der Waals surface area contributed by atoms with E-state index in [0.717, 1.165) is 38.8 Å². The van der Waals surface area contributed by atoms with E-state index in [9.17, 15) is 9.59 Å². The number of anilines is 1. The van der Waals surface area contributed by atoms with Crippen molar-refractivity contribution in [1.82, 2.24) is 9.97 Å². The van der Waals surface area contributed by atoms with Crippen molar-refractivity contribution in [3.63, 3.8) is 0 Å². The number of amides is 1. The van der Waals surface area contributed by atoms with Gasteiger partial charge in [-0.15, -0.1) is 0 Å². The molecule has 1 aromatic carbocycles. The number of carbonyl (C=O) groups is 2. The Balaban J connectivity index is 1.99. The van der Waals surface area contributed by atoms with Crippen molar-refractivity contribution >= 4 is 49.5 Å². The third kappa shape index (κ3) is 4.11. The van der Waals surface area contributed by atoms with Gasteiger partial charge in [0.25, 0.3) is 0 Å². The number of pyridine rings is 1. The second kappa shape index (κ2) is 7.97. The van der Waals surface area contributed by atoms with Gasteiger partial charge in [-0.2, -0.15) is 0 Å². The highest BCUT2D eigenvalue weighted by Gasteiger charge is 2.22. The molecule has 0 bridgehead atoms. The van der Waals surface area contributed by atoms with E-state index in [2.05, 4.69) is 11.1 Å². The fourth-order valence-corrected chi connectivity index (χ4v) is 4.13.